The van der Waals surface area contributed by atoms with E-state index in [-0.39, 0.29) is 0 Å². The Bertz CT molecular complexity index is 2250. The fourth-order valence-corrected chi connectivity index (χ4v) is 6.15. The molecule has 0 aliphatic heterocycles. The van der Waals surface area contributed by atoms with E-state index < -0.39 is 0 Å². The normalized spacial score (nSPS) is 11.4. The van der Waals surface area contributed by atoms with Crippen LogP contribution in [0.5, 0.6) is 0 Å². The van der Waals surface area contributed by atoms with Crippen molar-refractivity contribution in [3.05, 3.63) is 164 Å². The second-order valence-corrected chi connectivity index (χ2v) is 10.4. The maximum absolute atomic E-state index is 4.85. The van der Waals surface area contributed by atoms with Crippen LogP contribution < -0.4 is 0 Å². The third-order valence-corrected chi connectivity index (χ3v) is 7.89. The molecule has 0 saturated carbocycles. The molecule has 0 amide bonds. The molecule has 0 spiro atoms. The van der Waals surface area contributed by atoms with Gasteiger partial charge in [0.2, 0.25) is 0 Å². The van der Waals surface area contributed by atoms with Crippen LogP contribution in [0.15, 0.2) is 164 Å². The second-order valence-electron chi connectivity index (χ2n) is 10.4. The van der Waals surface area contributed by atoms with Crippen molar-refractivity contribution in [2.45, 2.75) is 6.92 Å². The zero-order valence-corrected chi connectivity index (χ0v) is 24.1. The zero-order valence-electron chi connectivity index (χ0n) is 24.1. The molecule has 0 aliphatic carbocycles. The Hall–Kier alpha value is -5.67. The number of fused-ring (bicyclic) bond motifs is 7. The van der Waals surface area contributed by atoms with Crippen molar-refractivity contribution in [2.75, 3.05) is 0 Å². The van der Waals surface area contributed by atoms with Crippen LogP contribution in [-0.4, -0.2) is 14.1 Å². The molecule has 0 unspecified atom stereocenters. The molecule has 206 valence electrons. The summed E-state index contributed by atoms with van der Waals surface area (Å²) in [5.41, 5.74) is 9.10. The van der Waals surface area contributed by atoms with E-state index >= 15 is 0 Å². The number of benzene rings is 5. The molecule has 3 heteroatoms. The van der Waals surface area contributed by atoms with Crippen molar-refractivity contribution < 1.29 is 0 Å². The number of hydrogen-bond acceptors (Lipinski definition) is 1. The van der Waals surface area contributed by atoms with Gasteiger partial charge in [-0.15, -0.1) is 0 Å². The van der Waals surface area contributed by atoms with E-state index in [4.69, 9.17) is 4.98 Å². The molecular weight excluding hydrogens is 522 g/mol. The number of pyridine rings is 1. The minimum atomic E-state index is 0.972. The summed E-state index contributed by atoms with van der Waals surface area (Å²) in [5.74, 6) is 0. The first-order valence-corrected chi connectivity index (χ1v) is 14.6. The SMILES string of the molecule is C=C/C=C\C.c1ccc(-c2ncccc2-n2c3ccccc3c3c2ccc2c4ccccc4n(-c4ccccc4)c23)cc1. The fourth-order valence-electron chi connectivity index (χ4n) is 6.15. The standard InChI is InChI=1S/C35H23N3.C5H8/c1-3-12-24(13-4-1)34-32(20-11-23-36-34)38-30-19-10-8-17-28(30)33-31(38)22-21-27-26-16-7-9-18-29(26)37(35(27)33)25-14-5-2-6-15-25;1-3-5-4-2/h1-23H;3-5H,1H2,2H3/b;5-4-. The van der Waals surface area contributed by atoms with Gasteiger partial charge in [-0.1, -0.05) is 116 Å². The summed E-state index contributed by atoms with van der Waals surface area (Å²) in [4.78, 5) is 4.85. The van der Waals surface area contributed by atoms with Crippen molar-refractivity contribution in [1.29, 1.82) is 0 Å². The predicted octanol–water partition coefficient (Wildman–Crippen LogP) is 10.7. The summed E-state index contributed by atoms with van der Waals surface area (Å²) < 4.78 is 4.80. The average molecular weight is 554 g/mol. The Labute approximate surface area is 251 Å². The molecule has 0 radical (unpaired) electrons. The van der Waals surface area contributed by atoms with Crippen molar-refractivity contribution in [2.24, 2.45) is 0 Å². The molecule has 3 nitrogen and oxygen atoms in total. The van der Waals surface area contributed by atoms with Crippen molar-refractivity contribution >= 4 is 43.6 Å². The van der Waals surface area contributed by atoms with Crippen molar-refractivity contribution in [3.63, 3.8) is 0 Å². The lowest BCUT2D eigenvalue weighted by molar-refractivity contribution is 1.14. The van der Waals surface area contributed by atoms with E-state index in [0.29, 0.717) is 0 Å². The third-order valence-electron chi connectivity index (χ3n) is 7.89. The Balaban J connectivity index is 0.000000558. The summed E-state index contributed by atoms with van der Waals surface area (Å²) in [6, 6.07) is 47.4. The molecule has 3 heterocycles. The van der Waals surface area contributed by atoms with E-state index in [2.05, 4.69) is 137 Å². The topological polar surface area (TPSA) is 22.8 Å². The highest BCUT2D eigenvalue weighted by Crippen LogP contribution is 2.42. The van der Waals surface area contributed by atoms with Gasteiger partial charge in [0.25, 0.3) is 0 Å². The van der Waals surface area contributed by atoms with Gasteiger partial charge in [-0.2, -0.15) is 0 Å². The molecule has 43 heavy (non-hydrogen) atoms. The van der Waals surface area contributed by atoms with Crippen LogP contribution in [0, 0.1) is 0 Å². The first kappa shape index (κ1) is 26.2. The fraction of sp³-hybridized carbons (Fsp3) is 0.0250. The molecule has 0 aliphatic rings. The summed E-state index contributed by atoms with van der Waals surface area (Å²) >= 11 is 0. The molecular formula is C40H31N3. The summed E-state index contributed by atoms with van der Waals surface area (Å²) in [6.45, 7) is 5.42. The monoisotopic (exact) mass is 553 g/mol. The minimum Gasteiger partial charge on any atom is -0.309 e. The van der Waals surface area contributed by atoms with Gasteiger partial charge in [0.05, 0.1) is 33.4 Å². The Morgan fingerprint density at radius 2 is 1.23 bits per heavy atom. The van der Waals surface area contributed by atoms with Crippen molar-refractivity contribution in [3.8, 4) is 22.6 Å². The van der Waals surface area contributed by atoms with Crippen LogP contribution in [0.3, 0.4) is 0 Å². The van der Waals surface area contributed by atoms with Gasteiger partial charge in [0, 0.05) is 39.0 Å². The maximum Gasteiger partial charge on any atom is 0.0942 e. The minimum absolute atomic E-state index is 0.972. The molecule has 8 rings (SSSR count). The summed E-state index contributed by atoms with van der Waals surface area (Å²) in [6.07, 6.45) is 7.46. The zero-order chi connectivity index (χ0) is 29.2. The molecule has 0 saturated heterocycles. The van der Waals surface area contributed by atoms with Gasteiger partial charge in [0.15, 0.2) is 0 Å². The lowest BCUT2D eigenvalue weighted by Crippen LogP contribution is -1.99. The number of para-hydroxylation sites is 3. The summed E-state index contributed by atoms with van der Waals surface area (Å²) in [7, 11) is 0. The van der Waals surface area contributed by atoms with Gasteiger partial charge >= 0.3 is 0 Å². The summed E-state index contributed by atoms with van der Waals surface area (Å²) in [5, 5.41) is 5.00. The Morgan fingerprint density at radius 1 is 0.581 bits per heavy atom. The predicted molar refractivity (Wildman–Crippen MR) is 183 cm³/mol. The molecule has 8 aromatic rings. The van der Waals surface area contributed by atoms with Crippen LogP contribution in [0.4, 0.5) is 0 Å². The van der Waals surface area contributed by atoms with Crippen LogP contribution >= 0.6 is 0 Å². The van der Waals surface area contributed by atoms with Gasteiger partial charge in [-0.05, 0) is 49.4 Å². The first-order chi connectivity index (χ1) is 21.3. The number of nitrogens with zero attached hydrogens (tertiary/aromatic N) is 3. The highest BCUT2D eigenvalue weighted by Gasteiger charge is 2.21. The van der Waals surface area contributed by atoms with Crippen molar-refractivity contribution in [1.82, 2.24) is 14.1 Å². The highest BCUT2D eigenvalue weighted by atomic mass is 15.0. The first-order valence-electron chi connectivity index (χ1n) is 14.6. The lowest BCUT2D eigenvalue weighted by atomic mass is 10.1. The smallest absolute Gasteiger partial charge is 0.0942 e. The van der Waals surface area contributed by atoms with E-state index in [9.17, 15) is 0 Å². The van der Waals surface area contributed by atoms with E-state index in [1.165, 1.54) is 43.6 Å². The lowest BCUT2D eigenvalue weighted by Gasteiger charge is -2.13. The van der Waals surface area contributed by atoms with Crippen LogP contribution in [-0.2, 0) is 0 Å². The molecule has 5 aromatic carbocycles. The Kier molecular flexibility index (Phi) is 6.90. The number of rotatable bonds is 4. The second kappa shape index (κ2) is 11.3. The molecule has 0 atom stereocenters. The molecule has 0 fully saturated rings. The molecule has 0 bridgehead atoms. The van der Waals surface area contributed by atoms with Gasteiger partial charge in [0.1, 0.15) is 0 Å². The van der Waals surface area contributed by atoms with Gasteiger partial charge in [-0.25, -0.2) is 0 Å². The van der Waals surface area contributed by atoms with E-state index in [0.717, 1.165) is 22.6 Å². The van der Waals surface area contributed by atoms with E-state index in [1.807, 2.05) is 37.4 Å². The third kappa shape index (κ3) is 4.43. The molecule has 3 aromatic heterocycles. The number of hydrogen-bond donors (Lipinski definition) is 0. The number of allylic oxidation sites excluding steroid dienone is 3. The molecule has 0 N–H and O–H groups in total. The van der Waals surface area contributed by atoms with E-state index in [1.54, 1.807) is 6.08 Å². The van der Waals surface area contributed by atoms with Crippen LogP contribution in [0.1, 0.15) is 6.92 Å². The Morgan fingerprint density at radius 3 is 1.93 bits per heavy atom. The average Bonchev–Trinajstić information content (AvgIpc) is 3.59. The largest absolute Gasteiger partial charge is 0.309 e. The van der Waals surface area contributed by atoms with Crippen LogP contribution in [0.25, 0.3) is 66.2 Å². The van der Waals surface area contributed by atoms with Gasteiger partial charge in [-0.3, -0.25) is 4.98 Å². The highest BCUT2D eigenvalue weighted by molar-refractivity contribution is 6.26. The number of aromatic nitrogens is 3. The van der Waals surface area contributed by atoms with Gasteiger partial charge < -0.3 is 9.13 Å². The quantitative estimate of drug-likeness (QED) is 0.199. The maximum atomic E-state index is 4.85. The van der Waals surface area contributed by atoms with Crippen LogP contribution in [0.2, 0.25) is 0 Å².